The van der Waals surface area contributed by atoms with E-state index in [2.05, 4.69) is 86.7 Å². The molecule has 100 valence electrons. The fourth-order valence-electron chi connectivity index (χ4n) is 2.71. The van der Waals surface area contributed by atoms with Crippen molar-refractivity contribution in [1.82, 2.24) is 0 Å². The van der Waals surface area contributed by atoms with Crippen LogP contribution in [0.1, 0.15) is 11.1 Å². The van der Waals surface area contributed by atoms with Crippen molar-refractivity contribution in [2.45, 2.75) is 19.5 Å². The Morgan fingerprint density at radius 3 is 1.60 bits per heavy atom. The molecule has 0 nitrogen and oxygen atoms in total. The third-order valence-electron chi connectivity index (χ3n) is 3.78. The quantitative estimate of drug-likeness (QED) is 0.737. The zero-order valence-electron chi connectivity index (χ0n) is 12.0. The average Bonchev–Trinajstić information content (AvgIpc) is 2.97. The van der Waals surface area contributed by atoms with E-state index >= 15 is 0 Å². The van der Waals surface area contributed by atoms with Gasteiger partial charge in [-0.15, -0.1) is 0 Å². The summed E-state index contributed by atoms with van der Waals surface area (Å²) in [6.07, 6.45) is 9.03. The Morgan fingerprint density at radius 1 is 0.700 bits per heavy atom. The van der Waals surface area contributed by atoms with Crippen molar-refractivity contribution in [3.8, 4) is 0 Å². The summed E-state index contributed by atoms with van der Waals surface area (Å²) in [5, 5.41) is 3.00. The lowest BCUT2D eigenvalue weighted by atomic mass is 10.2. The Kier molecular flexibility index (Phi) is 3.85. The molecule has 1 heteroatoms. The largest absolute Gasteiger partial charge is 0.0727 e. The molecule has 0 amide bonds. The van der Waals surface area contributed by atoms with Crippen molar-refractivity contribution in [3.05, 3.63) is 84.0 Å². The van der Waals surface area contributed by atoms with Crippen LogP contribution in [0.2, 0.25) is 0 Å². The second-order valence-electron chi connectivity index (χ2n) is 5.20. The minimum atomic E-state index is -0.367. The normalized spacial score (nSPS) is 14.3. The molecule has 0 unspecified atom stereocenters. The molecular formula is C19H19P. The average molecular weight is 278 g/mol. The third-order valence-corrected chi connectivity index (χ3v) is 6.76. The Balaban J connectivity index is 2.15. The van der Waals surface area contributed by atoms with E-state index in [1.165, 1.54) is 21.7 Å². The maximum Gasteiger partial charge on any atom is 0.0237 e. The third kappa shape index (κ3) is 2.49. The molecule has 0 N–H and O–H groups in total. The van der Waals surface area contributed by atoms with Crippen molar-refractivity contribution >= 4 is 18.5 Å². The van der Waals surface area contributed by atoms with Crippen LogP contribution < -0.4 is 10.6 Å². The highest BCUT2D eigenvalue weighted by Gasteiger charge is 2.24. The number of allylic oxidation sites excluding steroid dienone is 4. The molecule has 0 radical (unpaired) electrons. The number of hydrogen-bond donors (Lipinski definition) is 0. The van der Waals surface area contributed by atoms with Gasteiger partial charge in [0, 0.05) is 5.66 Å². The van der Waals surface area contributed by atoms with Gasteiger partial charge in [-0.3, -0.25) is 0 Å². The second kappa shape index (κ2) is 5.77. The molecule has 0 saturated heterocycles. The van der Waals surface area contributed by atoms with Gasteiger partial charge in [0.1, 0.15) is 0 Å². The van der Waals surface area contributed by atoms with Crippen LogP contribution in [-0.2, 0) is 0 Å². The molecule has 0 heterocycles. The zero-order chi connectivity index (χ0) is 13.9. The van der Waals surface area contributed by atoms with Crippen molar-refractivity contribution in [3.63, 3.8) is 0 Å². The highest BCUT2D eigenvalue weighted by molar-refractivity contribution is 7.74. The van der Waals surface area contributed by atoms with Gasteiger partial charge >= 0.3 is 0 Å². The maximum atomic E-state index is 2.34. The standard InChI is InChI=1S/C19H19P/c1-15-9-3-7-13-18(15)20(17-11-5-6-12-17)19-14-8-4-10-16(19)2/h3-14,17H,1-2H3. The van der Waals surface area contributed by atoms with Crippen LogP contribution >= 0.6 is 7.92 Å². The molecule has 1 aliphatic carbocycles. The molecule has 2 aromatic carbocycles. The first-order valence-electron chi connectivity index (χ1n) is 7.03. The summed E-state index contributed by atoms with van der Waals surface area (Å²) in [5.41, 5.74) is 3.32. The Bertz CT molecular complexity index is 609. The first kappa shape index (κ1) is 13.3. The first-order chi connectivity index (χ1) is 9.77. The highest BCUT2D eigenvalue weighted by atomic mass is 31.1. The zero-order valence-corrected chi connectivity index (χ0v) is 12.8. The first-order valence-corrected chi connectivity index (χ1v) is 8.44. The lowest BCUT2D eigenvalue weighted by Gasteiger charge is -2.26. The van der Waals surface area contributed by atoms with Gasteiger partial charge in [-0.2, -0.15) is 0 Å². The van der Waals surface area contributed by atoms with Crippen LogP contribution in [0.25, 0.3) is 0 Å². The number of aryl methyl sites for hydroxylation is 2. The molecule has 0 fully saturated rings. The summed E-state index contributed by atoms with van der Waals surface area (Å²) in [4.78, 5) is 0. The van der Waals surface area contributed by atoms with Crippen molar-refractivity contribution in [2.75, 3.05) is 0 Å². The fourth-order valence-corrected chi connectivity index (χ4v) is 5.56. The minimum Gasteiger partial charge on any atom is -0.0727 e. The second-order valence-corrected chi connectivity index (χ2v) is 7.50. The molecule has 0 aliphatic heterocycles. The van der Waals surface area contributed by atoms with Crippen LogP contribution in [0, 0.1) is 13.8 Å². The summed E-state index contributed by atoms with van der Waals surface area (Å²) in [6, 6.07) is 17.6. The number of hydrogen-bond acceptors (Lipinski definition) is 0. The molecule has 0 spiro atoms. The van der Waals surface area contributed by atoms with Crippen LogP contribution in [0.4, 0.5) is 0 Å². The van der Waals surface area contributed by atoms with Crippen molar-refractivity contribution in [2.24, 2.45) is 0 Å². The minimum absolute atomic E-state index is 0.367. The molecule has 2 aromatic rings. The molecule has 0 atom stereocenters. The van der Waals surface area contributed by atoms with E-state index in [4.69, 9.17) is 0 Å². The van der Waals surface area contributed by atoms with E-state index in [1.54, 1.807) is 0 Å². The monoisotopic (exact) mass is 278 g/mol. The van der Waals surface area contributed by atoms with Crippen LogP contribution in [0.3, 0.4) is 0 Å². The van der Waals surface area contributed by atoms with Crippen molar-refractivity contribution in [1.29, 1.82) is 0 Å². The predicted octanol–water partition coefficient (Wildman–Crippen LogP) is 4.23. The highest BCUT2D eigenvalue weighted by Crippen LogP contribution is 2.43. The number of rotatable bonds is 3. The molecule has 0 bridgehead atoms. The van der Waals surface area contributed by atoms with E-state index in [0.29, 0.717) is 5.66 Å². The summed E-state index contributed by atoms with van der Waals surface area (Å²) >= 11 is 0. The molecule has 3 rings (SSSR count). The van der Waals surface area contributed by atoms with Gasteiger partial charge in [-0.25, -0.2) is 0 Å². The molecule has 0 saturated carbocycles. The van der Waals surface area contributed by atoms with E-state index in [9.17, 15) is 0 Å². The Hall–Kier alpha value is -1.65. The van der Waals surface area contributed by atoms with Crippen LogP contribution in [0.15, 0.2) is 72.8 Å². The fraction of sp³-hybridized carbons (Fsp3) is 0.158. The summed E-state index contributed by atoms with van der Waals surface area (Å²) in [6.45, 7) is 4.46. The van der Waals surface area contributed by atoms with Gasteiger partial charge < -0.3 is 0 Å². The van der Waals surface area contributed by atoms with E-state index in [1.807, 2.05) is 0 Å². The van der Waals surface area contributed by atoms with Gasteiger partial charge in [0.2, 0.25) is 0 Å². The van der Waals surface area contributed by atoms with E-state index in [0.717, 1.165) is 0 Å². The lowest BCUT2D eigenvalue weighted by Crippen LogP contribution is -2.22. The summed E-state index contributed by atoms with van der Waals surface area (Å²) in [7, 11) is -0.367. The molecule has 0 aromatic heterocycles. The maximum absolute atomic E-state index is 2.34. The smallest absolute Gasteiger partial charge is 0.0237 e. The SMILES string of the molecule is Cc1ccccc1P(c1ccccc1C)C1C=CC=C1. The van der Waals surface area contributed by atoms with Crippen LogP contribution in [0.5, 0.6) is 0 Å². The Morgan fingerprint density at radius 2 is 1.15 bits per heavy atom. The summed E-state index contributed by atoms with van der Waals surface area (Å²) < 4.78 is 0. The predicted molar refractivity (Wildman–Crippen MR) is 90.6 cm³/mol. The van der Waals surface area contributed by atoms with E-state index < -0.39 is 0 Å². The van der Waals surface area contributed by atoms with Gasteiger partial charge in [0.05, 0.1) is 0 Å². The Labute approximate surface area is 122 Å². The van der Waals surface area contributed by atoms with Gasteiger partial charge in [0.15, 0.2) is 0 Å². The van der Waals surface area contributed by atoms with Gasteiger partial charge in [-0.1, -0.05) is 72.8 Å². The lowest BCUT2D eigenvalue weighted by molar-refractivity contribution is 1.42. The van der Waals surface area contributed by atoms with Gasteiger partial charge in [0.25, 0.3) is 0 Å². The van der Waals surface area contributed by atoms with Crippen LogP contribution in [-0.4, -0.2) is 5.66 Å². The molecule has 20 heavy (non-hydrogen) atoms. The van der Waals surface area contributed by atoms with E-state index in [-0.39, 0.29) is 7.92 Å². The van der Waals surface area contributed by atoms with Crippen molar-refractivity contribution < 1.29 is 0 Å². The van der Waals surface area contributed by atoms with Gasteiger partial charge in [-0.05, 0) is 43.5 Å². The number of benzene rings is 2. The molecule has 1 aliphatic rings. The summed E-state index contributed by atoms with van der Waals surface area (Å²) in [5.74, 6) is 0. The topological polar surface area (TPSA) is 0 Å². The molecular weight excluding hydrogens is 259 g/mol.